The molecule has 1 fully saturated rings. The van der Waals surface area contributed by atoms with Crippen LogP contribution in [0.3, 0.4) is 0 Å². The third kappa shape index (κ3) is 4.81. The maximum atomic E-state index is 12.7. The molecule has 3 rings (SSSR count). The minimum Gasteiger partial charge on any atom is -0.379 e. The molecule has 27 heavy (non-hydrogen) atoms. The smallest absolute Gasteiger partial charge is 0.271 e. The number of hydrogen-bond donors (Lipinski definition) is 1. The fourth-order valence-electron chi connectivity index (χ4n) is 2.54. The van der Waals surface area contributed by atoms with Gasteiger partial charge in [-0.3, -0.25) is 4.79 Å². The number of carbonyl (C=O) groups excluding carboxylic acids is 1. The average Bonchev–Trinajstić information content (AvgIpc) is 2.70. The van der Waals surface area contributed by atoms with Gasteiger partial charge >= 0.3 is 0 Å². The lowest BCUT2D eigenvalue weighted by Gasteiger charge is -2.26. The monoisotopic (exact) mass is 451 g/mol. The van der Waals surface area contributed by atoms with Gasteiger partial charge in [0, 0.05) is 28.7 Å². The number of ether oxygens (including phenoxy) is 1. The highest BCUT2D eigenvalue weighted by atomic mass is 79.9. The Labute approximate surface area is 166 Å². The molecular formula is C18H18BrN3O4S. The van der Waals surface area contributed by atoms with Crippen molar-refractivity contribution in [2.75, 3.05) is 26.3 Å². The van der Waals surface area contributed by atoms with E-state index in [4.69, 9.17) is 4.74 Å². The summed E-state index contributed by atoms with van der Waals surface area (Å²) in [6.07, 6.45) is 1.51. The van der Waals surface area contributed by atoms with Crippen molar-refractivity contribution in [2.24, 2.45) is 5.10 Å². The first-order valence-corrected chi connectivity index (χ1v) is 10.5. The summed E-state index contributed by atoms with van der Waals surface area (Å²) in [6, 6.07) is 13.4. The first kappa shape index (κ1) is 19.7. The van der Waals surface area contributed by atoms with Crippen molar-refractivity contribution in [1.29, 1.82) is 0 Å². The van der Waals surface area contributed by atoms with E-state index in [1.165, 1.54) is 22.7 Å². The van der Waals surface area contributed by atoms with Crippen LogP contribution in [0.15, 0.2) is 63.0 Å². The number of halogens is 1. The summed E-state index contributed by atoms with van der Waals surface area (Å²) in [5, 5.41) is 3.93. The zero-order chi connectivity index (χ0) is 19.3. The van der Waals surface area contributed by atoms with Crippen LogP contribution in [0.1, 0.15) is 15.9 Å². The van der Waals surface area contributed by atoms with Gasteiger partial charge in [-0.15, -0.1) is 0 Å². The molecule has 0 aromatic heterocycles. The fourth-order valence-corrected chi connectivity index (χ4v) is 4.38. The maximum Gasteiger partial charge on any atom is 0.271 e. The van der Waals surface area contributed by atoms with Crippen LogP contribution >= 0.6 is 15.9 Å². The summed E-state index contributed by atoms with van der Waals surface area (Å²) in [6.45, 7) is 1.33. The molecular weight excluding hydrogens is 434 g/mol. The molecule has 1 N–H and O–H groups in total. The fraction of sp³-hybridized carbons (Fsp3) is 0.222. The molecule has 7 nitrogen and oxygen atoms in total. The largest absolute Gasteiger partial charge is 0.379 e. The Hall–Kier alpha value is -2.07. The minimum absolute atomic E-state index is 0.0758. The molecule has 0 spiro atoms. The molecule has 9 heteroatoms. The van der Waals surface area contributed by atoms with Crippen LogP contribution in [0.5, 0.6) is 0 Å². The highest BCUT2D eigenvalue weighted by molar-refractivity contribution is 9.10. The summed E-state index contributed by atoms with van der Waals surface area (Å²) < 4.78 is 32.8. The molecule has 1 amide bonds. The predicted molar refractivity (Wildman–Crippen MR) is 105 cm³/mol. The van der Waals surface area contributed by atoms with Gasteiger partial charge in [0.1, 0.15) is 0 Å². The van der Waals surface area contributed by atoms with Crippen LogP contribution in [0.4, 0.5) is 0 Å². The van der Waals surface area contributed by atoms with E-state index < -0.39 is 15.9 Å². The minimum atomic E-state index is -3.66. The SMILES string of the molecule is O=C(N/N=C/c1ccccc1Br)c1cccc(S(=O)(=O)N2CCOCC2)c1. The van der Waals surface area contributed by atoms with Crippen molar-refractivity contribution in [3.63, 3.8) is 0 Å². The Morgan fingerprint density at radius 1 is 1.15 bits per heavy atom. The summed E-state index contributed by atoms with van der Waals surface area (Å²) in [5.74, 6) is -0.489. The number of nitrogens with one attached hydrogen (secondary N) is 1. The van der Waals surface area contributed by atoms with Crippen LogP contribution in [-0.4, -0.2) is 51.1 Å². The van der Waals surface area contributed by atoms with Crippen LogP contribution < -0.4 is 5.43 Å². The van der Waals surface area contributed by atoms with E-state index in [9.17, 15) is 13.2 Å². The van der Waals surface area contributed by atoms with E-state index in [0.717, 1.165) is 10.0 Å². The maximum absolute atomic E-state index is 12.7. The highest BCUT2D eigenvalue weighted by Crippen LogP contribution is 2.18. The van der Waals surface area contributed by atoms with E-state index in [1.54, 1.807) is 12.1 Å². The number of rotatable bonds is 5. The molecule has 1 aliphatic heterocycles. The second-order valence-electron chi connectivity index (χ2n) is 5.76. The van der Waals surface area contributed by atoms with Crippen LogP contribution in [0.25, 0.3) is 0 Å². The van der Waals surface area contributed by atoms with Crippen molar-refractivity contribution in [3.8, 4) is 0 Å². The number of hydrogen-bond acceptors (Lipinski definition) is 5. The number of benzene rings is 2. The zero-order valence-corrected chi connectivity index (χ0v) is 16.7. The first-order valence-electron chi connectivity index (χ1n) is 8.24. The Morgan fingerprint density at radius 2 is 1.89 bits per heavy atom. The van der Waals surface area contributed by atoms with Gasteiger partial charge in [0.05, 0.1) is 24.3 Å². The van der Waals surface area contributed by atoms with Gasteiger partial charge in [-0.05, 0) is 24.3 Å². The van der Waals surface area contributed by atoms with Crippen molar-refractivity contribution < 1.29 is 17.9 Å². The van der Waals surface area contributed by atoms with Gasteiger partial charge in [-0.25, -0.2) is 13.8 Å². The molecule has 1 saturated heterocycles. The Balaban J connectivity index is 1.73. The first-order chi connectivity index (χ1) is 13.0. The summed E-state index contributed by atoms with van der Waals surface area (Å²) >= 11 is 3.39. The summed E-state index contributed by atoms with van der Waals surface area (Å²) in [5.41, 5.74) is 3.44. The third-order valence-electron chi connectivity index (χ3n) is 3.98. The van der Waals surface area contributed by atoms with Crippen LogP contribution in [0, 0.1) is 0 Å². The summed E-state index contributed by atoms with van der Waals surface area (Å²) in [4.78, 5) is 12.4. The van der Waals surface area contributed by atoms with E-state index in [0.29, 0.717) is 26.3 Å². The second kappa shape index (κ2) is 8.75. The Morgan fingerprint density at radius 3 is 2.63 bits per heavy atom. The van der Waals surface area contributed by atoms with Gasteiger partial charge < -0.3 is 4.74 Å². The lowest BCUT2D eigenvalue weighted by molar-refractivity contribution is 0.0730. The standard InChI is InChI=1S/C18H18BrN3O4S/c19-17-7-2-1-4-15(17)13-20-21-18(23)14-5-3-6-16(12-14)27(24,25)22-8-10-26-11-9-22/h1-7,12-13H,8-11H2,(H,21,23)/b20-13+. The Bertz CT molecular complexity index is 957. The molecule has 0 saturated carbocycles. The lowest BCUT2D eigenvalue weighted by atomic mass is 10.2. The molecule has 0 unspecified atom stereocenters. The predicted octanol–water partition coefficient (Wildman–Crippen LogP) is 2.23. The number of morpholine rings is 1. The topological polar surface area (TPSA) is 88.1 Å². The number of hydrazone groups is 1. The number of sulfonamides is 1. The molecule has 0 aliphatic carbocycles. The Kier molecular flexibility index (Phi) is 6.38. The highest BCUT2D eigenvalue weighted by Gasteiger charge is 2.26. The molecule has 2 aromatic carbocycles. The average molecular weight is 452 g/mol. The van der Waals surface area contributed by atoms with Gasteiger partial charge in [0.25, 0.3) is 5.91 Å². The molecule has 0 atom stereocenters. The van der Waals surface area contributed by atoms with E-state index in [1.807, 2.05) is 24.3 Å². The van der Waals surface area contributed by atoms with Crippen molar-refractivity contribution >= 4 is 38.1 Å². The number of amides is 1. The third-order valence-corrected chi connectivity index (χ3v) is 6.60. The normalized spacial score (nSPS) is 15.7. The second-order valence-corrected chi connectivity index (χ2v) is 8.56. The van der Waals surface area contributed by atoms with Gasteiger partial charge in [-0.2, -0.15) is 9.41 Å². The van der Waals surface area contributed by atoms with Gasteiger partial charge in [-0.1, -0.05) is 40.2 Å². The van der Waals surface area contributed by atoms with Crippen LogP contribution in [0.2, 0.25) is 0 Å². The molecule has 0 radical (unpaired) electrons. The number of carbonyl (C=O) groups is 1. The zero-order valence-electron chi connectivity index (χ0n) is 14.3. The van der Waals surface area contributed by atoms with E-state index in [-0.39, 0.29) is 10.5 Å². The van der Waals surface area contributed by atoms with Crippen molar-refractivity contribution in [3.05, 3.63) is 64.1 Å². The molecule has 0 bridgehead atoms. The quantitative estimate of drug-likeness (QED) is 0.557. The van der Waals surface area contributed by atoms with Crippen LogP contribution in [-0.2, 0) is 14.8 Å². The lowest BCUT2D eigenvalue weighted by Crippen LogP contribution is -2.40. The molecule has 1 aliphatic rings. The van der Waals surface area contributed by atoms with Gasteiger partial charge in [0.2, 0.25) is 10.0 Å². The summed E-state index contributed by atoms with van der Waals surface area (Å²) in [7, 11) is -3.66. The van der Waals surface area contributed by atoms with Crippen molar-refractivity contribution in [2.45, 2.75) is 4.90 Å². The van der Waals surface area contributed by atoms with Crippen molar-refractivity contribution in [1.82, 2.24) is 9.73 Å². The number of nitrogens with zero attached hydrogens (tertiary/aromatic N) is 2. The van der Waals surface area contributed by atoms with Gasteiger partial charge in [0.15, 0.2) is 0 Å². The molecule has 142 valence electrons. The molecule has 1 heterocycles. The van der Waals surface area contributed by atoms with E-state index >= 15 is 0 Å². The van der Waals surface area contributed by atoms with E-state index in [2.05, 4.69) is 26.5 Å². The molecule has 2 aromatic rings.